The largest absolute Gasteiger partial charge is 0.504 e. The second kappa shape index (κ2) is 13.8. The smallest absolute Gasteiger partial charge is 0.262 e. The molecule has 2 rings (SSSR count). The Hall–Kier alpha value is -3.23. The lowest BCUT2D eigenvalue weighted by Gasteiger charge is -2.22. The van der Waals surface area contributed by atoms with Gasteiger partial charge in [0.1, 0.15) is 11.8 Å². The van der Waals surface area contributed by atoms with Crippen LogP contribution in [0.25, 0.3) is 0 Å². The zero-order chi connectivity index (χ0) is 26.8. The molecule has 0 fully saturated rings. The molecule has 0 aliphatic rings. The van der Waals surface area contributed by atoms with Crippen molar-refractivity contribution in [1.29, 1.82) is 0 Å². The third kappa shape index (κ3) is 8.46. The van der Waals surface area contributed by atoms with Crippen molar-refractivity contribution in [2.45, 2.75) is 45.8 Å². The van der Waals surface area contributed by atoms with E-state index in [2.05, 4.69) is 22.4 Å². The van der Waals surface area contributed by atoms with Crippen LogP contribution in [0.1, 0.15) is 38.3 Å². The monoisotopic (exact) mass is 535 g/mol. The van der Waals surface area contributed by atoms with Crippen molar-refractivity contribution >= 4 is 41.2 Å². The molecule has 0 bridgehead atoms. The molecule has 0 aliphatic heterocycles. The third-order valence-electron chi connectivity index (χ3n) is 5.06. The molecule has 36 heavy (non-hydrogen) atoms. The van der Waals surface area contributed by atoms with Gasteiger partial charge in [-0.15, -0.1) is 6.58 Å². The van der Waals surface area contributed by atoms with E-state index in [0.29, 0.717) is 34.7 Å². The average Bonchev–Trinajstić information content (AvgIpc) is 2.81. The Bertz CT molecular complexity index is 1120. The van der Waals surface area contributed by atoms with Crippen LogP contribution in [0.5, 0.6) is 17.2 Å². The number of aromatic hydroxyl groups is 1. The molecular formula is C26H31Cl2N3O5. The average molecular weight is 536 g/mol. The fraction of sp³-hybridized carbons (Fsp3) is 0.346. The number of benzene rings is 2. The molecule has 0 aliphatic carbocycles. The van der Waals surface area contributed by atoms with Crippen molar-refractivity contribution in [2.75, 3.05) is 7.11 Å². The maximum absolute atomic E-state index is 12.8. The van der Waals surface area contributed by atoms with Gasteiger partial charge in [0.2, 0.25) is 0 Å². The maximum atomic E-state index is 12.8. The van der Waals surface area contributed by atoms with E-state index in [9.17, 15) is 14.7 Å². The van der Waals surface area contributed by atoms with Crippen molar-refractivity contribution in [3.8, 4) is 17.2 Å². The molecule has 0 saturated carbocycles. The highest BCUT2D eigenvalue weighted by atomic mass is 35.5. The van der Waals surface area contributed by atoms with Gasteiger partial charge in [-0.1, -0.05) is 43.1 Å². The maximum Gasteiger partial charge on any atom is 0.262 e. The number of amides is 2. The van der Waals surface area contributed by atoms with Crippen molar-refractivity contribution in [3.63, 3.8) is 0 Å². The summed E-state index contributed by atoms with van der Waals surface area (Å²) in [7, 11) is 1.44. The van der Waals surface area contributed by atoms with Gasteiger partial charge in [0.05, 0.1) is 18.3 Å². The van der Waals surface area contributed by atoms with Crippen LogP contribution in [-0.4, -0.2) is 42.4 Å². The van der Waals surface area contributed by atoms with Crippen LogP contribution in [0.3, 0.4) is 0 Å². The quantitative estimate of drug-likeness (QED) is 0.204. The normalized spacial score (nSPS) is 12.8. The van der Waals surface area contributed by atoms with E-state index < -0.39 is 24.0 Å². The molecule has 0 unspecified atom stereocenters. The lowest BCUT2D eigenvalue weighted by atomic mass is 10.0. The van der Waals surface area contributed by atoms with Crippen LogP contribution < -0.4 is 20.2 Å². The summed E-state index contributed by atoms with van der Waals surface area (Å²) in [6.07, 6.45) is 2.98. The lowest BCUT2D eigenvalue weighted by Crippen LogP contribution is -2.49. The SMILES string of the molecule is C=CCc1cc(/C=N\NC(=O)[C@H](CC(C)C)NC(=O)[C@H](C)Oc2ccc(Cl)cc2Cl)cc(OC)c1O. The highest BCUT2D eigenvalue weighted by Crippen LogP contribution is 2.31. The molecule has 10 heteroatoms. The number of hydrazone groups is 1. The summed E-state index contributed by atoms with van der Waals surface area (Å²) in [6, 6.07) is 7.15. The van der Waals surface area contributed by atoms with Crippen LogP contribution in [0.2, 0.25) is 10.0 Å². The first-order chi connectivity index (χ1) is 17.0. The Kier molecular flexibility index (Phi) is 11.1. The highest BCUT2D eigenvalue weighted by Gasteiger charge is 2.25. The van der Waals surface area contributed by atoms with Crippen LogP contribution in [0.15, 0.2) is 48.1 Å². The summed E-state index contributed by atoms with van der Waals surface area (Å²) < 4.78 is 10.8. The van der Waals surface area contributed by atoms with Gasteiger partial charge in [0, 0.05) is 10.6 Å². The topological polar surface area (TPSA) is 109 Å². The van der Waals surface area contributed by atoms with Gasteiger partial charge in [-0.05, 0) is 61.6 Å². The number of allylic oxidation sites excluding steroid dienone is 1. The van der Waals surface area contributed by atoms with E-state index in [0.717, 1.165) is 0 Å². The molecular weight excluding hydrogens is 505 g/mol. The van der Waals surface area contributed by atoms with E-state index in [4.69, 9.17) is 32.7 Å². The van der Waals surface area contributed by atoms with Crippen molar-refractivity contribution in [3.05, 3.63) is 64.2 Å². The standard InChI is InChI=1S/C26H31Cl2N3O5/c1-6-7-18-11-17(12-23(35-5)24(18)32)14-29-31-26(34)21(10-15(2)3)30-25(33)16(4)36-22-9-8-19(27)13-20(22)28/h6,8-9,11-16,21,32H,1,7,10H2,2-5H3,(H,30,33)(H,31,34)/b29-14-/t16-,21-/m0/s1. The third-order valence-corrected chi connectivity index (χ3v) is 5.59. The lowest BCUT2D eigenvalue weighted by molar-refractivity contribution is -0.132. The number of hydrogen-bond acceptors (Lipinski definition) is 6. The Labute approximate surface area is 221 Å². The first kappa shape index (κ1) is 29.0. The fourth-order valence-electron chi connectivity index (χ4n) is 3.29. The summed E-state index contributed by atoms with van der Waals surface area (Å²) >= 11 is 12.0. The summed E-state index contributed by atoms with van der Waals surface area (Å²) in [5.41, 5.74) is 3.68. The molecule has 3 N–H and O–H groups in total. The molecule has 0 aromatic heterocycles. The van der Waals surface area contributed by atoms with Gasteiger partial charge in [-0.2, -0.15) is 5.10 Å². The van der Waals surface area contributed by atoms with E-state index >= 15 is 0 Å². The van der Waals surface area contributed by atoms with E-state index in [1.807, 2.05) is 13.8 Å². The van der Waals surface area contributed by atoms with E-state index in [1.54, 1.807) is 37.3 Å². The minimum absolute atomic E-state index is 0.0227. The zero-order valence-corrected chi connectivity index (χ0v) is 22.2. The molecule has 0 heterocycles. The van der Waals surface area contributed by atoms with Crippen molar-refractivity contribution in [1.82, 2.24) is 10.7 Å². The molecule has 2 atom stereocenters. The number of phenols is 1. The van der Waals surface area contributed by atoms with Crippen LogP contribution in [0.4, 0.5) is 0 Å². The summed E-state index contributed by atoms with van der Waals surface area (Å²) in [6.45, 7) is 9.11. The Morgan fingerprint density at radius 1 is 1.14 bits per heavy atom. The number of methoxy groups -OCH3 is 1. The Morgan fingerprint density at radius 3 is 2.47 bits per heavy atom. The molecule has 8 nitrogen and oxygen atoms in total. The number of carbonyl (C=O) groups excluding carboxylic acids is 2. The molecule has 2 aromatic carbocycles. The van der Waals surface area contributed by atoms with Crippen molar-refractivity contribution < 1.29 is 24.2 Å². The Balaban J connectivity index is 2.08. The molecule has 0 spiro atoms. The first-order valence-electron chi connectivity index (χ1n) is 11.3. The van der Waals surface area contributed by atoms with Gasteiger partial charge in [0.25, 0.3) is 11.8 Å². The van der Waals surface area contributed by atoms with Gasteiger partial charge in [0.15, 0.2) is 17.6 Å². The van der Waals surface area contributed by atoms with Crippen LogP contribution >= 0.6 is 23.2 Å². The van der Waals surface area contributed by atoms with E-state index in [-0.39, 0.29) is 22.4 Å². The number of ether oxygens (including phenoxy) is 2. The van der Waals surface area contributed by atoms with Gasteiger partial charge in [-0.25, -0.2) is 5.43 Å². The summed E-state index contributed by atoms with van der Waals surface area (Å²) in [5.74, 6) is -0.241. The fourth-order valence-corrected chi connectivity index (χ4v) is 3.74. The molecule has 194 valence electrons. The molecule has 0 saturated heterocycles. The number of phenolic OH excluding ortho intramolecular Hbond substituents is 1. The summed E-state index contributed by atoms with van der Waals surface area (Å²) in [4.78, 5) is 25.6. The predicted molar refractivity (Wildman–Crippen MR) is 142 cm³/mol. The summed E-state index contributed by atoms with van der Waals surface area (Å²) in [5, 5.41) is 17.7. The van der Waals surface area contributed by atoms with Crippen LogP contribution in [0, 0.1) is 5.92 Å². The molecule has 0 radical (unpaired) electrons. The molecule has 2 aromatic rings. The number of hydrogen-bond donors (Lipinski definition) is 3. The number of rotatable bonds is 12. The number of nitrogens with one attached hydrogen (secondary N) is 2. The second-order valence-electron chi connectivity index (χ2n) is 8.48. The van der Waals surface area contributed by atoms with Crippen LogP contribution in [-0.2, 0) is 16.0 Å². The Morgan fingerprint density at radius 2 is 1.86 bits per heavy atom. The second-order valence-corrected chi connectivity index (χ2v) is 9.33. The minimum atomic E-state index is -0.914. The number of halogens is 2. The van der Waals surface area contributed by atoms with Gasteiger partial charge < -0.3 is 19.9 Å². The molecule has 2 amide bonds. The number of nitrogens with zero attached hydrogens (tertiary/aromatic N) is 1. The first-order valence-corrected chi connectivity index (χ1v) is 12.1. The zero-order valence-electron chi connectivity index (χ0n) is 20.7. The minimum Gasteiger partial charge on any atom is -0.504 e. The van der Waals surface area contributed by atoms with Gasteiger partial charge in [-0.3, -0.25) is 9.59 Å². The number of carbonyl (C=O) groups is 2. The predicted octanol–water partition coefficient (Wildman–Crippen LogP) is 4.88. The van der Waals surface area contributed by atoms with Crippen molar-refractivity contribution in [2.24, 2.45) is 11.0 Å². The van der Waals surface area contributed by atoms with E-state index in [1.165, 1.54) is 19.4 Å². The highest BCUT2D eigenvalue weighted by molar-refractivity contribution is 6.35. The van der Waals surface area contributed by atoms with Gasteiger partial charge >= 0.3 is 0 Å².